The van der Waals surface area contributed by atoms with Crippen molar-refractivity contribution in [3.05, 3.63) is 64.8 Å². The van der Waals surface area contributed by atoms with Crippen molar-refractivity contribution in [2.24, 2.45) is 0 Å². The van der Waals surface area contributed by atoms with Crippen molar-refractivity contribution in [1.82, 2.24) is 9.88 Å². The zero-order valence-corrected chi connectivity index (χ0v) is 16.2. The van der Waals surface area contributed by atoms with Crippen LogP contribution in [0.5, 0.6) is 5.75 Å². The number of hydrogen-bond donors (Lipinski definition) is 1. The van der Waals surface area contributed by atoms with E-state index in [0.717, 1.165) is 41.9 Å². The molecule has 0 bridgehead atoms. The number of benzene rings is 2. The van der Waals surface area contributed by atoms with Crippen molar-refractivity contribution in [3.63, 3.8) is 0 Å². The minimum atomic E-state index is -0.103. The van der Waals surface area contributed by atoms with Crippen molar-refractivity contribution < 1.29 is 9.53 Å². The molecule has 2 aromatic carbocycles. The van der Waals surface area contributed by atoms with Gasteiger partial charge in [0, 0.05) is 29.6 Å². The molecule has 1 unspecified atom stereocenters. The Bertz CT molecular complexity index is 989. The normalized spacial score (nSPS) is 16.4. The number of rotatable bonds is 4. The zero-order valence-electron chi connectivity index (χ0n) is 16.2. The molecule has 0 fully saturated rings. The topological polar surface area (TPSA) is 45.3 Å². The van der Waals surface area contributed by atoms with E-state index in [1.54, 1.807) is 7.11 Å². The van der Waals surface area contributed by atoms with Crippen LogP contribution >= 0.6 is 0 Å². The number of nitrogens with one attached hydrogen (secondary N) is 1. The molecule has 0 spiro atoms. The highest BCUT2D eigenvalue weighted by Crippen LogP contribution is 2.39. The van der Waals surface area contributed by atoms with Gasteiger partial charge in [-0.2, -0.15) is 0 Å². The average Bonchev–Trinajstić information content (AvgIpc) is 3.10. The summed E-state index contributed by atoms with van der Waals surface area (Å²) in [5.74, 6) is 0.995. The van der Waals surface area contributed by atoms with Crippen LogP contribution in [-0.2, 0) is 17.6 Å². The molecule has 1 aliphatic rings. The third-order valence-corrected chi connectivity index (χ3v) is 5.63. The quantitative estimate of drug-likeness (QED) is 0.736. The molecule has 0 saturated carbocycles. The van der Waals surface area contributed by atoms with E-state index in [1.165, 1.54) is 16.5 Å². The van der Waals surface area contributed by atoms with Gasteiger partial charge in [-0.15, -0.1) is 0 Å². The summed E-state index contributed by atoms with van der Waals surface area (Å²) in [7, 11) is 1.68. The first-order valence-electron chi connectivity index (χ1n) is 9.73. The van der Waals surface area contributed by atoms with E-state index in [-0.39, 0.29) is 11.9 Å². The highest BCUT2D eigenvalue weighted by Gasteiger charge is 2.34. The molecule has 4 rings (SSSR count). The molecular formula is C23H26N2O2. The maximum absolute atomic E-state index is 12.7. The number of aryl methyl sites for hydroxylation is 1. The van der Waals surface area contributed by atoms with Crippen LogP contribution in [0.15, 0.2) is 42.5 Å². The van der Waals surface area contributed by atoms with Crippen LogP contribution in [0.2, 0.25) is 0 Å². The first kappa shape index (κ1) is 17.7. The molecule has 0 saturated heterocycles. The van der Waals surface area contributed by atoms with Crippen LogP contribution < -0.4 is 4.74 Å². The van der Waals surface area contributed by atoms with Gasteiger partial charge in [0.25, 0.3) is 0 Å². The van der Waals surface area contributed by atoms with Gasteiger partial charge in [-0.05, 0) is 53.8 Å². The van der Waals surface area contributed by atoms with E-state index in [2.05, 4.69) is 36.2 Å². The minimum Gasteiger partial charge on any atom is -0.497 e. The number of carbonyl (C=O) groups is 1. The van der Waals surface area contributed by atoms with E-state index in [9.17, 15) is 4.79 Å². The lowest BCUT2D eigenvalue weighted by atomic mass is 9.91. The Morgan fingerprint density at radius 3 is 2.81 bits per heavy atom. The van der Waals surface area contributed by atoms with Gasteiger partial charge in [-0.1, -0.05) is 32.0 Å². The highest BCUT2D eigenvalue weighted by atomic mass is 16.5. The molecule has 1 aromatic heterocycles. The number of methoxy groups -OCH3 is 1. The lowest BCUT2D eigenvalue weighted by molar-refractivity contribution is -0.133. The maximum Gasteiger partial charge on any atom is 0.223 e. The summed E-state index contributed by atoms with van der Waals surface area (Å²) >= 11 is 0. The van der Waals surface area contributed by atoms with Crippen LogP contribution in [0.4, 0.5) is 0 Å². The summed E-state index contributed by atoms with van der Waals surface area (Å²) in [5.41, 5.74) is 6.05. The average molecular weight is 362 g/mol. The van der Waals surface area contributed by atoms with Crippen molar-refractivity contribution in [3.8, 4) is 5.75 Å². The number of ether oxygens (including phenoxy) is 1. The fourth-order valence-electron chi connectivity index (χ4n) is 4.19. The number of carbonyl (C=O) groups excluding carboxylic acids is 1. The van der Waals surface area contributed by atoms with Crippen LogP contribution in [0.3, 0.4) is 0 Å². The summed E-state index contributed by atoms with van der Waals surface area (Å²) in [6.07, 6.45) is 2.42. The number of amides is 1. The summed E-state index contributed by atoms with van der Waals surface area (Å²) in [4.78, 5) is 18.3. The highest BCUT2D eigenvalue weighted by molar-refractivity contribution is 5.87. The van der Waals surface area contributed by atoms with Crippen LogP contribution in [0.1, 0.15) is 48.7 Å². The van der Waals surface area contributed by atoms with E-state index in [1.807, 2.05) is 30.0 Å². The Balaban J connectivity index is 1.90. The van der Waals surface area contributed by atoms with E-state index in [4.69, 9.17) is 4.74 Å². The van der Waals surface area contributed by atoms with Crippen LogP contribution in [0, 0.1) is 0 Å². The van der Waals surface area contributed by atoms with Crippen molar-refractivity contribution in [2.45, 2.75) is 39.2 Å². The monoisotopic (exact) mass is 362 g/mol. The van der Waals surface area contributed by atoms with Gasteiger partial charge in [-0.3, -0.25) is 4.79 Å². The number of fused-ring (bicyclic) bond motifs is 3. The zero-order chi connectivity index (χ0) is 19.0. The molecule has 0 radical (unpaired) electrons. The van der Waals surface area contributed by atoms with Crippen LogP contribution in [-0.4, -0.2) is 29.4 Å². The number of hydrogen-bond acceptors (Lipinski definition) is 2. The Hall–Kier alpha value is -2.75. The van der Waals surface area contributed by atoms with Gasteiger partial charge in [0.15, 0.2) is 0 Å². The van der Waals surface area contributed by atoms with E-state index < -0.39 is 0 Å². The molecule has 1 aliphatic heterocycles. The fourth-order valence-corrected chi connectivity index (χ4v) is 4.19. The fraction of sp³-hybridized carbons (Fsp3) is 0.348. The van der Waals surface area contributed by atoms with Crippen molar-refractivity contribution >= 4 is 16.8 Å². The van der Waals surface area contributed by atoms with Crippen molar-refractivity contribution in [1.29, 1.82) is 0 Å². The van der Waals surface area contributed by atoms with Crippen molar-refractivity contribution in [2.75, 3.05) is 13.7 Å². The predicted molar refractivity (Wildman–Crippen MR) is 108 cm³/mol. The molecule has 0 aliphatic carbocycles. The maximum atomic E-state index is 12.7. The smallest absolute Gasteiger partial charge is 0.223 e. The molecule has 1 N–H and O–H groups in total. The number of nitrogens with zero attached hydrogens (tertiary/aromatic N) is 1. The first-order chi connectivity index (χ1) is 13.2. The van der Waals surface area contributed by atoms with Crippen LogP contribution in [0.25, 0.3) is 10.9 Å². The molecule has 1 amide bonds. The summed E-state index contributed by atoms with van der Waals surface area (Å²) in [5, 5.41) is 1.29. The Morgan fingerprint density at radius 1 is 1.22 bits per heavy atom. The molecule has 4 heteroatoms. The molecule has 27 heavy (non-hydrogen) atoms. The van der Waals surface area contributed by atoms with Gasteiger partial charge in [0.2, 0.25) is 5.91 Å². The summed E-state index contributed by atoms with van der Waals surface area (Å²) in [6, 6.07) is 14.6. The van der Waals surface area contributed by atoms with E-state index in [0.29, 0.717) is 6.42 Å². The number of aromatic amines is 1. The standard InChI is InChI=1S/C23H26N2O2/c1-4-15-9-10-20-19(13-15)18-11-12-25(21(26)5-2)23(22(18)24-20)16-7-6-8-17(14-16)27-3/h6-10,13-14,23-24H,4-5,11-12H2,1-3H3. The largest absolute Gasteiger partial charge is 0.497 e. The summed E-state index contributed by atoms with van der Waals surface area (Å²) < 4.78 is 5.43. The predicted octanol–water partition coefficient (Wildman–Crippen LogP) is 4.62. The molecule has 3 aromatic rings. The molecule has 4 nitrogen and oxygen atoms in total. The molecule has 1 atom stereocenters. The first-order valence-corrected chi connectivity index (χ1v) is 9.73. The van der Waals surface area contributed by atoms with Gasteiger partial charge in [0.1, 0.15) is 5.75 Å². The lowest BCUT2D eigenvalue weighted by Gasteiger charge is -2.36. The van der Waals surface area contributed by atoms with Gasteiger partial charge in [-0.25, -0.2) is 0 Å². The number of H-pyrrole nitrogens is 1. The molecule has 2 heterocycles. The minimum absolute atomic E-state index is 0.103. The second-order valence-electron chi connectivity index (χ2n) is 7.12. The number of aromatic nitrogens is 1. The van der Waals surface area contributed by atoms with Gasteiger partial charge < -0.3 is 14.6 Å². The lowest BCUT2D eigenvalue weighted by Crippen LogP contribution is -2.40. The summed E-state index contributed by atoms with van der Waals surface area (Å²) in [6.45, 7) is 4.85. The molecular weight excluding hydrogens is 336 g/mol. The van der Waals surface area contributed by atoms with E-state index >= 15 is 0 Å². The Labute approximate surface area is 160 Å². The third-order valence-electron chi connectivity index (χ3n) is 5.63. The second kappa shape index (κ2) is 7.10. The third kappa shape index (κ3) is 2.99. The molecule has 140 valence electrons. The SMILES string of the molecule is CCC(=O)N1CCc2c([nH]c3ccc(CC)cc23)C1c1cccc(OC)c1. The Morgan fingerprint density at radius 2 is 2.07 bits per heavy atom. The van der Waals surface area contributed by atoms with Gasteiger partial charge in [0.05, 0.1) is 13.2 Å². The van der Waals surface area contributed by atoms with Gasteiger partial charge >= 0.3 is 0 Å². The Kier molecular flexibility index (Phi) is 4.65. The second-order valence-corrected chi connectivity index (χ2v) is 7.12.